The van der Waals surface area contributed by atoms with Crippen molar-refractivity contribution < 1.29 is 4.79 Å². The van der Waals surface area contributed by atoms with Gasteiger partial charge in [-0.2, -0.15) is 0 Å². The summed E-state index contributed by atoms with van der Waals surface area (Å²) in [6.45, 7) is 6.33. The van der Waals surface area contributed by atoms with Gasteiger partial charge in [-0.15, -0.1) is 0 Å². The van der Waals surface area contributed by atoms with Gasteiger partial charge in [0, 0.05) is 25.3 Å². The van der Waals surface area contributed by atoms with Gasteiger partial charge in [0.05, 0.1) is 5.56 Å². The number of rotatable bonds is 6. The Labute approximate surface area is 112 Å². The van der Waals surface area contributed by atoms with Crippen LogP contribution >= 0.6 is 0 Å². The Morgan fingerprint density at radius 3 is 2.63 bits per heavy atom. The molecule has 0 aromatic carbocycles. The zero-order chi connectivity index (χ0) is 14.6. The lowest BCUT2D eigenvalue weighted by atomic mass is 10.2. The number of carbonyl (C=O) groups is 1. The molecule has 0 saturated carbocycles. The van der Waals surface area contributed by atoms with Crippen molar-refractivity contribution in [3.05, 3.63) is 32.6 Å². The van der Waals surface area contributed by atoms with E-state index in [4.69, 9.17) is 0 Å². The number of H-pyrrole nitrogens is 1. The standard InChI is InChI=1S/C13H21N3O3/c1-5-9(2)15(4)6-7-16-12(18)11(10(3)17)8-14-13(16)19/h8-9H,5-7H2,1-4H3,(H,14,19). The van der Waals surface area contributed by atoms with Gasteiger partial charge in [0.2, 0.25) is 0 Å². The third-order valence-corrected chi connectivity index (χ3v) is 3.46. The maximum Gasteiger partial charge on any atom is 0.328 e. The minimum atomic E-state index is -0.520. The number of likely N-dealkylation sites (N-methyl/N-ethyl adjacent to an activating group) is 1. The highest BCUT2D eigenvalue weighted by molar-refractivity contribution is 5.93. The number of ketones is 1. The van der Waals surface area contributed by atoms with Crippen LogP contribution in [0.1, 0.15) is 37.6 Å². The number of carbonyl (C=O) groups excluding carboxylic acids is 1. The molecule has 0 aliphatic carbocycles. The summed E-state index contributed by atoms with van der Waals surface area (Å²) in [5.41, 5.74) is -0.979. The van der Waals surface area contributed by atoms with Gasteiger partial charge in [-0.05, 0) is 27.3 Å². The normalized spacial score (nSPS) is 12.7. The Balaban J connectivity index is 2.96. The molecule has 0 saturated heterocycles. The van der Waals surface area contributed by atoms with Crippen LogP contribution in [0.15, 0.2) is 15.8 Å². The Hall–Kier alpha value is -1.69. The first-order valence-corrected chi connectivity index (χ1v) is 6.42. The second-order valence-corrected chi connectivity index (χ2v) is 4.76. The summed E-state index contributed by atoms with van der Waals surface area (Å²) in [6.07, 6.45) is 2.18. The summed E-state index contributed by atoms with van der Waals surface area (Å²) in [7, 11) is 1.95. The average Bonchev–Trinajstić information content (AvgIpc) is 2.36. The maximum absolute atomic E-state index is 12.0. The van der Waals surface area contributed by atoms with Crippen molar-refractivity contribution in [2.75, 3.05) is 13.6 Å². The molecule has 0 aliphatic heterocycles. The molecule has 0 aliphatic rings. The molecule has 6 nitrogen and oxygen atoms in total. The summed E-state index contributed by atoms with van der Waals surface area (Å²) in [5.74, 6) is -0.342. The highest BCUT2D eigenvalue weighted by Gasteiger charge is 2.12. The van der Waals surface area contributed by atoms with Gasteiger partial charge >= 0.3 is 5.69 Å². The summed E-state index contributed by atoms with van der Waals surface area (Å²) in [4.78, 5) is 39.4. The smallest absolute Gasteiger partial charge is 0.313 e. The largest absolute Gasteiger partial charge is 0.328 e. The topological polar surface area (TPSA) is 75.2 Å². The van der Waals surface area contributed by atoms with Crippen LogP contribution in [0.25, 0.3) is 0 Å². The molecule has 0 fully saturated rings. The summed E-state index contributed by atoms with van der Waals surface area (Å²) < 4.78 is 1.08. The lowest BCUT2D eigenvalue weighted by molar-refractivity contribution is 0.101. The van der Waals surface area contributed by atoms with Crippen LogP contribution in [0.5, 0.6) is 0 Å². The number of hydrogen-bond acceptors (Lipinski definition) is 4. The van der Waals surface area contributed by atoms with Crippen molar-refractivity contribution in [1.29, 1.82) is 0 Å². The summed E-state index contributed by atoms with van der Waals surface area (Å²) >= 11 is 0. The Morgan fingerprint density at radius 2 is 2.11 bits per heavy atom. The van der Waals surface area contributed by atoms with E-state index in [0.717, 1.165) is 11.0 Å². The molecule has 1 rings (SSSR count). The molecule has 1 heterocycles. The number of nitrogens with one attached hydrogen (secondary N) is 1. The van der Waals surface area contributed by atoms with E-state index < -0.39 is 11.2 Å². The van der Waals surface area contributed by atoms with E-state index in [1.165, 1.54) is 13.1 Å². The van der Waals surface area contributed by atoms with Crippen LogP contribution in [0.3, 0.4) is 0 Å². The number of aromatic nitrogens is 2. The van der Waals surface area contributed by atoms with Gasteiger partial charge in [0.15, 0.2) is 5.78 Å². The van der Waals surface area contributed by atoms with Crippen molar-refractivity contribution in [1.82, 2.24) is 14.5 Å². The Morgan fingerprint density at radius 1 is 1.47 bits per heavy atom. The molecule has 1 unspecified atom stereocenters. The SMILES string of the molecule is CCC(C)N(C)CCn1c(=O)[nH]cc(C(C)=O)c1=O. The van der Waals surface area contributed by atoms with Crippen molar-refractivity contribution in [3.63, 3.8) is 0 Å². The number of Topliss-reactive ketones (excluding diaryl/α,β-unsaturated/α-hetero) is 1. The van der Waals surface area contributed by atoms with E-state index in [1.807, 2.05) is 7.05 Å². The van der Waals surface area contributed by atoms with Gasteiger partial charge in [0.1, 0.15) is 0 Å². The van der Waals surface area contributed by atoms with Crippen molar-refractivity contribution in [3.8, 4) is 0 Å². The molecular weight excluding hydrogens is 246 g/mol. The fourth-order valence-electron chi connectivity index (χ4n) is 1.76. The third-order valence-electron chi connectivity index (χ3n) is 3.46. The average molecular weight is 267 g/mol. The van der Waals surface area contributed by atoms with E-state index in [1.54, 1.807) is 0 Å². The van der Waals surface area contributed by atoms with E-state index >= 15 is 0 Å². The maximum atomic E-state index is 12.0. The predicted molar refractivity (Wildman–Crippen MR) is 73.7 cm³/mol. The molecule has 0 radical (unpaired) electrons. The van der Waals surface area contributed by atoms with E-state index in [9.17, 15) is 14.4 Å². The number of nitrogens with zero attached hydrogens (tertiary/aromatic N) is 2. The van der Waals surface area contributed by atoms with Gasteiger partial charge in [-0.3, -0.25) is 14.2 Å². The van der Waals surface area contributed by atoms with Crippen LogP contribution in [-0.4, -0.2) is 39.9 Å². The molecule has 1 aromatic rings. The predicted octanol–water partition coefficient (Wildman–Crippen LogP) is 0.470. The highest BCUT2D eigenvalue weighted by atomic mass is 16.2. The van der Waals surface area contributed by atoms with Crippen LogP contribution in [-0.2, 0) is 6.54 Å². The monoisotopic (exact) mass is 267 g/mol. The van der Waals surface area contributed by atoms with E-state index in [0.29, 0.717) is 12.6 Å². The Bertz CT molecular complexity index is 559. The van der Waals surface area contributed by atoms with Gasteiger partial charge in [-0.25, -0.2) is 4.79 Å². The van der Waals surface area contributed by atoms with E-state index in [2.05, 4.69) is 23.7 Å². The first-order chi connectivity index (χ1) is 8.88. The van der Waals surface area contributed by atoms with Gasteiger partial charge in [-0.1, -0.05) is 6.92 Å². The second kappa shape index (κ2) is 6.47. The molecule has 0 spiro atoms. The van der Waals surface area contributed by atoms with E-state index in [-0.39, 0.29) is 17.9 Å². The molecule has 19 heavy (non-hydrogen) atoms. The lowest BCUT2D eigenvalue weighted by Crippen LogP contribution is -2.41. The Kier molecular flexibility index (Phi) is 5.23. The van der Waals surface area contributed by atoms with Gasteiger partial charge < -0.3 is 9.88 Å². The van der Waals surface area contributed by atoms with Crippen molar-refractivity contribution >= 4 is 5.78 Å². The second-order valence-electron chi connectivity index (χ2n) is 4.76. The molecule has 1 N–H and O–H groups in total. The highest BCUT2D eigenvalue weighted by Crippen LogP contribution is 1.99. The number of aromatic amines is 1. The van der Waals surface area contributed by atoms with Crippen LogP contribution in [0.2, 0.25) is 0 Å². The van der Waals surface area contributed by atoms with Crippen LogP contribution in [0.4, 0.5) is 0 Å². The molecule has 6 heteroatoms. The summed E-state index contributed by atoms with van der Waals surface area (Å²) in [5, 5.41) is 0. The third kappa shape index (κ3) is 3.64. The number of hydrogen-bond donors (Lipinski definition) is 1. The van der Waals surface area contributed by atoms with Crippen LogP contribution in [0, 0.1) is 0 Å². The molecule has 0 bridgehead atoms. The lowest BCUT2D eigenvalue weighted by Gasteiger charge is -2.23. The summed E-state index contributed by atoms with van der Waals surface area (Å²) in [6, 6.07) is 0.380. The fourth-order valence-corrected chi connectivity index (χ4v) is 1.76. The first kappa shape index (κ1) is 15.4. The molecule has 106 valence electrons. The minimum absolute atomic E-state index is 0.0193. The quantitative estimate of drug-likeness (QED) is 0.760. The van der Waals surface area contributed by atoms with Crippen LogP contribution < -0.4 is 11.2 Å². The molecule has 0 amide bonds. The van der Waals surface area contributed by atoms with Crippen molar-refractivity contribution in [2.45, 2.75) is 39.8 Å². The first-order valence-electron chi connectivity index (χ1n) is 6.42. The fraction of sp³-hybridized carbons (Fsp3) is 0.615. The van der Waals surface area contributed by atoms with Crippen molar-refractivity contribution in [2.24, 2.45) is 0 Å². The zero-order valence-electron chi connectivity index (χ0n) is 11.9. The molecule has 1 aromatic heterocycles. The molecular formula is C13H21N3O3. The molecule has 1 atom stereocenters. The van der Waals surface area contributed by atoms with Gasteiger partial charge in [0.25, 0.3) is 5.56 Å². The zero-order valence-corrected chi connectivity index (χ0v) is 11.9. The minimum Gasteiger partial charge on any atom is -0.313 e.